The molecule has 2 aromatic rings. The molecule has 1 aliphatic rings. The fourth-order valence-corrected chi connectivity index (χ4v) is 4.15. The van der Waals surface area contributed by atoms with Crippen LogP contribution in [0.3, 0.4) is 0 Å². The molecule has 3 rings (SSSR count). The third-order valence-electron chi connectivity index (χ3n) is 4.14. The first-order chi connectivity index (χ1) is 9.81. The van der Waals surface area contributed by atoms with Gasteiger partial charge in [0.2, 0.25) is 0 Å². The van der Waals surface area contributed by atoms with Crippen LogP contribution in [0.1, 0.15) is 23.3 Å². The molecule has 1 aromatic heterocycles. The van der Waals surface area contributed by atoms with Gasteiger partial charge in [0.25, 0.3) is 0 Å². The molecule has 0 spiro atoms. The van der Waals surface area contributed by atoms with E-state index < -0.39 is 0 Å². The van der Waals surface area contributed by atoms with E-state index in [-0.39, 0.29) is 0 Å². The Morgan fingerprint density at radius 1 is 1.40 bits per heavy atom. The molecule has 108 valence electrons. The lowest BCUT2D eigenvalue weighted by atomic mass is 10.1. The van der Waals surface area contributed by atoms with Gasteiger partial charge < -0.3 is 10.5 Å². The molecule has 0 bridgehead atoms. The first kappa shape index (κ1) is 14.0. The Balaban J connectivity index is 1.86. The van der Waals surface area contributed by atoms with E-state index in [1.807, 2.05) is 18.4 Å². The summed E-state index contributed by atoms with van der Waals surface area (Å²) in [6.45, 7) is 3.82. The molecule has 2 heterocycles. The lowest BCUT2D eigenvalue weighted by Gasteiger charge is -2.32. The minimum Gasteiger partial charge on any atom is -0.380 e. The lowest BCUT2D eigenvalue weighted by Crippen LogP contribution is -2.38. The molecule has 0 saturated carbocycles. The van der Waals surface area contributed by atoms with Crippen molar-refractivity contribution in [2.24, 2.45) is 5.73 Å². The van der Waals surface area contributed by atoms with Gasteiger partial charge in [-0.1, -0.05) is 18.2 Å². The van der Waals surface area contributed by atoms with Crippen molar-refractivity contribution in [1.82, 2.24) is 4.90 Å². The SMILES string of the molecule is COC1CCCN(Cc2c(CN)sc3ccccc23)C1. The fraction of sp³-hybridized carbons (Fsp3) is 0.500. The highest BCUT2D eigenvalue weighted by Gasteiger charge is 2.21. The van der Waals surface area contributed by atoms with Crippen molar-refractivity contribution < 1.29 is 4.74 Å². The number of hydrogen-bond acceptors (Lipinski definition) is 4. The third kappa shape index (κ3) is 2.74. The maximum absolute atomic E-state index is 5.94. The molecule has 1 atom stereocenters. The van der Waals surface area contributed by atoms with E-state index in [2.05, 4.69) is 29.2 Å². The van der Waals surface area contributed by atoms with Crippen molar-refractivity contribution >= 4 is 21.4 Å². The number of methoxy groups -OCH3 is 1. The van der Waals surface area contributed by atoms with Gasteiger partial charge in [0, 0.05) is 36.3 Å². The summed E-state index contributed by atoms with van der Waals surface area (Å²) >= 11 is 1.84. The highest BCUT2D eigenvalue weighted by Crippen LogP contribution is 2.32. The van der Waals surface area contributed by atoms with E-state index in [0.717, 1.165) is 19.6 Å². The molecule has 0 radical (unpaired) electrons. The molecule has 20 heavy (non-hydrogen) atoms. The molecule has 4 heteroatoms. The van der Waals surface area contributed by atoms with Crippen LogP contribution in [-0.2, 0) is 17.8 Å². The zero-order valence-corrected chi connectivity index (χ0v) is 12.8. The number of likely N-dealkylation sites (tertiary alicyclic amines) is 1. The van der Waals surface area contributed by atoms with Crippen LogP contribution in [0.4, 0.5) is 0 Å². The topological polar surface area (TPSA) is 38.5 Å². The first-order valence-electron chi connectivity index (χ1n) is 7.26. The van der Waals surface area contributed by atoms with E-state index in [4.69, 9.17) is 10.5 Å². The Bertz CT molecular complexity index is 581. The van der Waals surface area contributed by atoms with Gasteiger partial charge in [0.1, 0.15) is 0 Å². The van der Waals surface area contributed by atoms with Gasteiger partial charge in [-0.05, 0) is 36.4 Å². The number of benzene rings is 1. The van der Waals surface area contributed by atoms with Gasteiger partial charge in [-0.25, -0.2) is 0 Å². The van der Waals surface area contributed by atoms with E-state index >= 15 is 0 Å². The van der Waals surface area contributed by atoms with Crippen molar-refractivity contribution in [1.29, 1.82) is 0 Å². The summed E-state index contributed by atoms with van der Waals surface area (Å²) in [5, 5.41) is 1.37. The monoisotopic (exact) mass is 290 g/mol. The molecule has 1 saturated heterocycles. The largest absolute Gasteiger partial charge is 0.380 e. The maximum atomic E-state index is 5.94. The minimum absolute atomic E-state index is 0.384. The number of nitrogens with zero attached hydrogens (tertiary/aromatic N) is 1. The average molecular weight is 290 g/mol. The number of nitrogens with two attached hydrogens (primary N) is 1. The molecule has 3 nitrogen and oxygen atoms in total. The molecule has 0 aliphatic carbocycles. The Morgan fingerprint density at radius 2 is 2.25 bits per heavy atom. The van der Waals surface area contributed by atoms with Crippen LogP contribution in [0.5, 0.6) is 0 Å². The number of piperidine rings is 1. The second-order valence-corrected chi connectivity index (χ2v) is 6.58. The van der Waals surface area contributed by atoms with E-state index in [9.17, 15) is 0 Å². The Morgan fingerprint density at radius 3 is 3.05 bits per heavy atom. The number of hydrogen-bond donors (Lipinski definition) is 1. The van der Waals surface area contributed by atoms with E-state index in [1.165, 1.54) is 33.4 Å². The Kier molecular flexibility index (Phi) is 4.36. The smallest absolute Gasteiger partial charge is 0.0698 e. The predicted octanol–water partition coefficient (Wildman–Crippen LogP) is 2.97. The molecule has 1 unspecified atom stereocenters. The summed E-state index contributed by atoms with van der Waals surface area (Å²) in [4.78, 5) is 3.83. The van der Waals surface area contributed by atoms with Gasteiger partial charge in [-0.15, -0.1) is 11.3 Å². The van der Waals surface area contributed by atoms with Crippen molar-refractivity contribution in [3.05, 3.63) is 34.7 Å². The maximum Gasteiger partial charge on any atom is 0.0698 e. The average Bonchev–Trinajstić information content (AvgIpc) is 2.85. The van der Waals surface area contributed by atoms with Crippen molar-refractivity contribution in [2.45, 2.75) is 32.0 Å². The van der Waals surface area contributed by atoms with Gasteiger partial charge in [0.05, 0.1) is 6.10 Å². The number of thiophene rings is 1. The molecular weight excluding hydrogens is 268 g/mol. The van der Waals surface area contributed by atoms with Crippen LogP contribution >= 0.6 is 11.3 Å². The summed E-state index contributed by atoms with van der Waals surface area (Å²) in [6.07, 6.45) is 2.79. The minimum atomic E-state index is 0.384. The number of fused-ring (bicyclic) bond motifs is 1. The molecule has 1 aromatic carbocycles. The summed E-state index contributed by atoms with van der Waals surface area (Å²) in [6, 6.07) is 8.63. The number of ether oxygens (including phenoxy) is 1. The van der Waals surface area contributed by atoms with Crippen LogP contribution in [0.2, 0.25) is 0 Å². The van der Waals surface area contributed by atoms with Crippen molar-refractivity contribution in [3.8, 4) is 0 Å². The second kappa shape index (κ2) is 6.22. The van der Waals surface area contributed by atoms with Crippen molar-refractivity contribution in [2.75, 3.05) is 20.2 Å². The zero-order chi connectivity index (χ0) is 13.9. The van der Waals surface area contributed by atoms with Crippen molar-refractivity contribution in [3.63, 3.8) is 0 Å². The molecule has 2 N–H and O–H groups in total. The fourth-order valence-electron chi connectivity index (χ4n) is 3.06. The highest BCUT2D eigenvalue weighted by atomic mass is 32.1. The van der Waals surface area contributed by atoms with E-state index in [1.54, 1.807) is 0 Å². The predicted molar refractivity (Wildman–Crippen MR) is 85.0 cm³/mol. The van der Waals surface area contributed by atoms with Gasteiger partial charge in [0.15, 0.2) is 0 Å². The Hall–Kier alpha value is -0.940. The standard InChI is InChI=1S/C16H22N2OS/c1-19-12-5-4-8-18(10-12)11-14-13-6-2-3-7-15(13)20-16(14)9-17/h2-3,6-7,12H,4-5,8-11,17H2,1H3. The van der Waals surface area contributed by atoms with Gasteiger partial charge in [-0.3, -0.25) is 4.90 Å². The summed E-state index contributed by atoms with van der Waals surface area (Å²) in [5.41, 5.74) is 7.36. The second-order valence-electron chi connectivity index (χ2n) is 5.44. The van der Waals surface area contributed by atoms with Crippen LogP contribution in [0.15, 0.2) is 24.3 Å². The summed E-state index contributed by atoms with van der Waals surface area (Å²) in [5.74, 6) is 0. The normalized spacial score (nSPS) is 20.6. The lowest BCUT2D eigenvalue weighted by molar-refractivity contribution is 0.0286. The molecule has 1 fully saturated rings. The van der Waals surface area contributed by atoms with E-state index in [0.29, 0.717) is 12.6 Å². The van der Waals surface area contributed by atoms with Crippen LogP contribution in [0, 0.1) is 0 Å². The summed E-state index contributed by atoms with van der Waals surface area (Å²) < 4.78 is 6.87. The van der Waals surface area contributed by atoms with Gasteiger partial charge in [-0.2, -0.15) is 0 Å². The quantitative estimate of drug-likeness (QED) is 0.941. The van der Waals surface area contributed by atoms with Crippen LogP contribution in [-0.4, -0.2) is 31.2 Å². The Labute approximate surface area is 124 Å². The highest BCUT2D eigenvalue weighted by molar-refractivity contribution is 7.19. The van der Waals surface area contributed by atoms with Gasteiger partial charge >= 0.3 is 0 Å². The third-order valence-corrected chi connectivity index (χ3v) is 5.38. The first-order valence-corrected chi connectivity index (χ1v) is 8.08. The molecular formula is C16H22N2OS. The van der Waals surface area contributed by atoms with Crippen LogP contribution in [0.25, 0.3) is 10.1 Å². The molecule has 0 amide bonds. The summed E-state index contributed by atoms with van der Waals surface area (Å²) in [7, 11) is 1.82. The van der Waals surface area contributed by atoms with Crippen LogP contribution < -0.4 is 5.73 Å². The number of rotatable bonds is 4. The zero-order valence-electron chi connectivity index (χ0n) is 12.0. The molecule has 1 aliphatic heterocycles.